The van der Waals surface area contributed by atoms with Crippen molar-refractivity contribution in [1.29, 1.82) is 0 Å². The Balaban J connectivity index is 2.30. The van der Waals surface area contributed by atoms with Crippen LogP contribution in [-0.4, -0.2) is 47.8 Å². The summed E-state index contributed by atoms with van der Waals surface area (Å²) in [5.74, 6) is -2.26. The number of benzene rings is 2. The van der Waals surface area contributed by atoms with E-state index >= 15 is 0 Å². The zero-order chi connectivity index (χ0) is 20.1. The quantitative estimate of drug-likeness (QED) is 0.338. The standard InChI is InChI=1S/C18H18F2IN3O3/c1-22(2)7-8-23(11-12-3-6-15(19)16(20)9-12)18(25)14-5-4-13(24(26)27)10-17(14)21/h3-6,9-10H,7-8,11H2,1-2H3. The van der Waals surface area contributed by atoms with Crippen molar-refractivity contribution >= 4 is 34.2 Å². The molecule has 0 aliphatic rings. The molecule has 27 heavy (non-hydrogen) atoms. The highest BCUT2D eigenvalue weighted by Crippen LogP contribution is 2.22. The summed E-state index contributed by atoms with van der Waals surface area (Å²) in [6.07, 6.45) is 0. The second-order valence-electron chi connectivity index (χ2n) is 6.20. The molecule has 0 unspecified atom stereocenters. The third-order valence-corrected chi connectivity index (χ3v) is 4.75. The Labute approximate surface area is 169 Å². The van der Waals surface area contributed by atoms with Crippen molar-refractivity contribution < 1.29 is 18.5 Å². The molecule has 1 amide bonds. The Morgan fingerprint density at radius 3 is 2.37 bits per heavy atom. The van der Waals surface area contributed by atoms with E-state index in [-0.39, 0.29) is 18.1 Å². The molecule has 2 aromatic carbocycles. The predicted octanol–water partition coefficient (Wildman–Crippen LogP) is 3.68. The van der Waals surface area contributed by atoms with Gasteiger partial charge in [-0.05, 0) is 60.4 Å². The van der Waals surface area contributed by atoms with Crippen LogP contribution in [0.5, 0.6) is 0 Å². The molecule has 0 N–H and O–H groups in total. The molecule has 144 valence electrons. The first-order chi connectivity index (χ1) is 12.7. The molecular weight excluding hydrogens is 471 g/mol. The van der Waals surface area contributed by atoms with Gasteiger partial charge in [0.25, 0.3) is 11.6 Å². The van der Waals surface area contributed by atoms with Gasteiger partial charge in [0.2, 0.25) is 0 Å². The van der Waals surface area contributed by atoms with E-state index in [1.165, 1.54) is 29.2 Å². The number of rotatable bonds is 7. The molecule has 6 nitrogen and oxygen atoms in total. The topological polar surface area (TPSA) is 66.7 Å². The summed E-state index contributed by atoms with van der Waals surface area (Å²) in [6, 6.07) is 7.53. The Hall–Kier alpha value is -2.14. The Morgan fingerprint density at radius 1 is 1.11 bits per heavy atom. The number of non-ortho nitro benzene ring substituents is 1. The Bertz CT molecular complexity index is 862. The van der Waals surface area contributed by atoms with Gasteiger partial charge in [-0.1, -0.05) is 6.07 Å². The summed E-state index contributed by atoms with van der Waals surface area (Å²) in [5.41, 5.74) is 0.678. The highest BCUT2D eigenvalue weighted by molar-refractivity contribution is 14.1. The van der Waals surface area contributed by atoms with Crippen molar-refractivity contribution in [2.24, 2.45) is 0 Å². The first-order valence-electron chi connectivity index (χ1n) is 8.01. The number of amides is 1. The van der Waals surface area contributed by atoms with Crippen LogP contribution in [0.3, 0.4) is 0 Å². The van der Waals surface area contributed by atoms with Gasteiger partial charge >= 0.3 is 0 Å². The molecule has 0 spiro atoms. The monoisotopic (exact) mass is 489 g/mol. The molecule has 2 rings (SSSR count). The maximum absolute atomic E-state index is 13.5. The van der Waals surface area contributed by atoms with Crippen LogP contribution in [0.15, 0.2) is 36.4 Å². The molecule has 0 radical (unpaired) electrons. The normalized spacial score (nSPS) is 10.9. The molecule has 0 saturated carbocycles. The molecule has 0 bridgehead atoms. The number of hydrogen-bond acceptors (Lipinski definition) is 4. The number of halogens is 3. The van der Waals surface area contributed by atoms with Crippen molar-refractivity contribution in [2.45, 2.75) is 6.54 Å². The van der Waals surface area contributed by atoms with E-state index in [0.29, 0.717) is 27.8 Å². The van der Waals surface area contributed by atoms with Crippen molar-refractivity contribution in [1.82, 2.24) is 9.80 Å². The van der Waals surface area contributed by atoms with Gasteiger partial charge in [0.1, 0.15) is 0 Å². The number of nitrogens with zero attached hydrogens (tertiary/aromatic N) is 3. The first-order valence-corrected chi connectivity index (χ1v) is 9.08. The van der Waals surface area contributed by atoms with Crippen LogP contribution in [0.25, 0.3) is 0 Å². The van der Waals surface area contributed by atoms with Gasteiger partial charge in [0.15, 0.2) is 11.6 Å². The van der Waals surface area contributed by atoms with Crippen LogP contribution in [0, 0.1) is 25.3 Å². The molecule has 2 aromatic rings. The minimum atomic E-state index is -0.975. The summed E-state index contributed by atoms with van der Waals surface area (Å²) >= 11 is 1.88. The van der Waals surface area contributed by atoms with Gasteiger partial charge in [-0.25, -0.2) is 8.78 Å². The minimum Gasteiger partial charge on any atom is -0.333 e. The van der Waals surface area contributed by atoms with Crippen LogP contribution < -0.4 is 0 Å². The summed E-state index contributed by atoms with van der Waals surface area (Å²) in [6.45, 7) is 1.02. The van der Waals surface area contributed by atoms with Crippen molar-refractivity contribution in [3.05, 3.63) is 72.8 Å². The van der Waals surface area contributed by atoms with E-state index in [1.807, 2.05) is 41.6 Å². The van der Waals surface area contributed by atoms with Crippen LogP contribution in [-0.2, 0) is 6.54 Å². The van der Waals surface area contributed by atoms with Gasteiger partial charge in [-0.15, -0.1) is 0 Å². The lowest BCUT2D eigenvalue weighted by Crippen LogP contribution is -2.36. The minimum absolute atomic E-state index is 0.0942. The zero-order valence-corrected chi connectivity index (χ0v) is 16.9. The molecule has 0 saturated heterocycles. The number of likely N-dealkylation sites (N-methyl/N-ethyl adjacent to an activating group) is 1. The maximum atomic E-state index is 13.5. The molecule has 0 fully saturated rings. The van der Waals surface area contributed by atoms with Crippen molar-refractivity contribution in [2.75, 3.05) is 27.2 Å². The van der Waals surface area contributed by atoms with Gasteiger partial charge in [-0.3, -0.25) is 14.9 Å². The molecule has 9 heteroatoms. The number of carbonyl (C=O) groups excluding carboxylic acids is 1. The summed E-state index contributed by atoms with van der Waals surface area (Å²) in [4.78, 5) is 26.7. The zero-order valence-electron chi connectivity index (χ0n) is 14.8. The average Bonchev–Trinajstić information content (AvgIpc) is 2.60. The van der Waals surface area contributed by atoms with Crippen LogP contribution >= 0.6 is 22.6 Å². The molecule has 0 atom stereocenters. The SMILES string of the molecule is CN(C)CCN(Cc1ccc(F)c(F)c1)C(=O)c1ccc([N+](=O)[O-])cc1I. The van der Waals surface area contributed by atoms with Gasteiger partial charge < -0.3 is 9.80 Å². The smallest absolute Gasteiger partial charge is 0.270 e. The fourth-order valence-electron chi connectivity index (χ4n) is 2.39. The molecular formula is C18H18F2IN3O3. The molecule has 0 heterocycles. The third-order valence-electron chi connectivity index (χ3n) is 3.86. The Morgan fingerprint density at radius 2 is 1.81 bits per heavy atom. The second kappa shape index (κ2) is 9.18. The number of nitro groups is 1. The number of hydrogen-bond donors (Lipinski definition) is 0. The van der Waals surface area contributed by atoms with Gasteiger partial charge in [-0.2, -0.15) is 0 Å². The van der Waals surface area contributed by atoms with Gasteiger partial charge in [0.05, 0.1) is 10.5 Å². The highest BCUT2D eigenvalue weighted by atomic mass is 127. The Kier molecular flexibility index (Phi) is 7.19. The number of nitro benzene ring substituents is 1. The third kappa shape index (κ3) is 5.67. The van der Waals surface area contributed by atoms with Crippen LogP contribution in [0.2, 0.25) is 0 Å². The van der Waals surface area contributed by atoms with Gasteiger partial charge in [0, 0.05) is 35.3 Å². The van der Waals surface area contributed by atoms with Crippen molar-refractivity contribution in [3.8, 4) is 0 Å². The largest absolute Gasteiger partial charge is 0.333 e. The van der Waals surface area contributed by atoms with E-state index in [9.17, 15) is 23.7 Å². The summed E-state index contributed by atoms with van der Waals surface area (Å²) in [5, 5.41) is 10.9. The highest BCUT2D eigenvalue weighted by Gasteiger charge is 2.21. The predicted molar refractivity (Wildman–Crippen MR) is 105 cm³/mol. The lowest BCUT2D eigenvalue weighted by molar-refractivity contribution is -0.384. The fraction of sp³-hybridized carbons (Fsp3) is 0.278. The average molecular weight is 489 g/mol. The fourth-order valence-corrected chi connectivity index (χ4v) is 3.12. The summed E-state index contributed by atoms with van der Waals surface area (Å²) < 4.78 is 27.1. The van der Waals surface area contributed by atoms with E-state index in [0.717, 1.165) is 12.1 Å². The maximum Gasteiger partial charge on any atom is 0.270 e. The van der Waals surface area contributed by atoms with E-state index in [4.69, 9.17) is 0 Å². The molecule has 0 aliphatic carbocycles. The molecule has 0 aromatic heterocycles. The second-order valence-corrected chi connectivity index (χ2v) is 7.36. The summed E-state index contributed by atoms with van der Waals surface area (Å²) in [7, 11) is 3.71. The number of carbonyl (C=O) groups is 1. The van der Waals surface area contributed by atoms with E-state index in [2.05, 4.69) is 0 Å². The van der Waals surface area contributed by atoms with Crippen LogP contribution in [0.4, 0.5) is 14.5 Å². The van der Waals surface area contributed by atoms with E-state index in [1.54, 1.807) is 0 Å². The van der Waals surface area contributed by atoms with E-state index < -0.39 is 16.6 Å². The first kappa shape index (κ1) is 21.2. The van der Waals surface area contributed by atoms with Crippen molar-refractivity contribution in [3.63, 3.8) is 0 Å². The lowest BCUT2D eigenvalue weighted by Gasteiger charge is -2.25. The van der Waals surface area contributed by atoms with Crippen LogP contribution in [0.1, 0.15) is 15.9 Å². The molecule has 0 aliphatic heterocycles. The lowest BCUT2D eigenvalue weighted by atomic mass is 10.1.